The highest BCUT2D eigenvalue weighted by Crippen LogP contribution is 2.12. The number of halogens is 1. The molecule has 0 amide bonds. The monoisotopic (exact) mass is 160 g/mol. The molecule has 0 saturated heterocycles. The lowest BCUT2D eigenvalue weighted by Crippen LogP contribution is -1.86. The van der Waals surface area contributed by atoms with Gasteiger partial charge in [-0.25, -0.2) is 0 Å². The van der Waals surface area contributed by atoms with Crippen molar-refractivity contribution in [1.82, 2.24) is 0 Å². The Balaban J connectivity index is 3.85. The van der Waals surface area contributed by atoms with Crippen molar-refractivity contribution >= 4 is 17.9 Å². The molecular weight excluding hydrogens is 148 g/mol. The maximum absolute atomic E-state index is 10.3. The minimum absolute atomic E-state index is 0.628. The van der Waals surface area contributed by atoms with Crippen molar-refractivity contribution in [3.05, 3.63) is 10.6 Å². The number of aldehydes is 1. The van der Waals surface area contributed by atoms with Crippen molar-refractivity contribution in [2.45, 2.75) is 33.1 Å². The average Bonchev–Trinajstić information content (AvgIpc) is 1.89. The first-order chi connectivity index (χ1) is 4.72. The number of hydrogen-bond acceptors (Lipinski definition) is 1. The first-order valence-corrected chi connectivity index (χ1v) is 3.90. The van der Waals surface area contributed by atoms with Crippen LogP contribution in [0.4, 0.5) is 0 Å². The minimum Gasteiger partial charge on any atom is -0.298 e. The number of rotatable bonds is 4. The second kappa shape index (κ2) is 5.48. The van der Waals surface area contributed by atoms with Gasteiger partial charge < -0.3 is 0 Å². The van der Waals surface area contributed by atoms with Crippen LogP contribution >= 0.6 is 11.6 Å². The van der Waals surface area contributed by atoms with Gasteiger partial charge in [0.2, 0.25) is 0 Å². The summed E-state index contributed by atoms with van der Waals surface area (Å²) in [5.74, 6) is 0. The fourth-order valence-electron chi connectivity index (χ4n) is 0.680. The number of carbonyl (C=O) groups excluding carboxylic acids is 1. The zero-order chi connectivity index (χ0) is 7.98. The Bertz CT molecular complexity index is 134. The molecule has 0 fully saturated rings. The number of hydrogen-bond donors (Lipinski definition) is 0. The van der Waals surface area contributed by atoms with E-state index in [1.807, 2.05) is 0 Å². The fraction of sp³-hybridized carbons (Fsp3) is 0.625. The molecule has 0 aromatic carbocycles. The van der Waals surface area contributed by atoms with Crippen LogP contribution in [0.25, 0.3) is 0 Å². The first-order valence-electron chi connectivity index (χ1n) is 3.52. The molecule has 0 heterocycles. The van der Waals surface area contributed by atoms with E-state index in [0.29, 0.717) is 5.03 Å². The Kier molecular flexibility index (Phi) is 5.32. The van der Waals surface area contributed by atoms with E-state index in [1.165, 1.54) is 0 Å². The highest BCUT2D eigenvalue weighted by Gasteiger charge is 1.97. The fourth-order valence-corrected chi connectivity index (χ4v) is 0.819. The van der Waals surface area contributed by atoms with Gasteiger partial charge in [-0.3, -0.25) is 4.79 Å². The van der Waals surface area contributed by atoms with Crippen LogP contribution in [0.2, 0.25) is 0 Å². The highest BCUT2D eigenvalue weighted by molar-refractivity contribution is 6.30. The van der Waals surface area contributed by atoms with E-state index in [9.17, 15) is 4.79 Å². The van der Waals surface area contributed by atoms with E-state index in [0.717, 1.165) is 31.1 Å². The van der Waals surface area contributed by atoms with E-state index in [1.54, 1.807) is 6.92 Å². The van der Waals surface area contributed by atoms with Crippen molar-refractivity contribution in [3.8, 4) is 0 Å². The van der Waals surface area contributed by atoms with E-state index < -0.39 is 0 Å². The van der Waals surface area contributed by atoms with Crippen LogP contribution in [0.5, 0.6) is 0 Å². The standard InChI is InChI=1S/C8H13ClO/c1-3-4-5-8(6-10)7(2)9/h6H,3-5H2,1-2H3/b8-7-. The molecule has 0 spiro atoms. The average molecular weight is 161 g/mol. The van der Waals surface area contributed by atoms with Crippen LogP contribution in [-0.4, -0.2) is 6.29 Å². The lowest BCUT2D eigenvalue weighted by molar-refractivity contribution is -0.105. The molecule has 0 aliphatic rings. The van der Waals surface area contributed by atoms with Gasteiger partial charge >= 0.3 is 0 Å². The molecule has 2 heteroatoms. The summed E-state index contributed by atoms with van der Waals surface area (Å²) < 4.78 is 0. The summed E-state index contributed by atoms with van der Waals surface area (Å²) in [5, 5.41) is 0.628. The smallest absolute Gasteiger partial charge is 0.147 e. The quantitative estimate of drug-likeness (QED) is 0.457. The molecule has 1 nitrogen and oxygen atoms in total. The van der Waals surface area contributed by atoms with Crippen LogP contribution in [0.3, 0.4) is 0 Å². The third-order valence-corrected chi connectivity index (χ3v) is 1.63. The van der Waals surface area contributed by atoms with E-state index in [-0.39, 0.29) is 0 Å². The number of allylic oxidation sites excluding steroid dienone is 2. The molecule has 0 rings (SSSR count). The van der Waals surface area contributed by atoms with Crippen molar-refractivity contribution in [3.63, 3.8) is 0 Å². The Labute approximate surface area is 67.1 Å². The molecule has 0 aromatic rings. The summed E-state index contributed by atoms with van der Waals surface area (Å²) in [6.07, 6.45) is 3.80. The molecule has 10 heavy (non-hydrogen) atoms. The molecule has 0 saturated carbocycles. The van der Waals surface area contributed by atoms with Crippen molar-refractivity contribution in [1.29, 1.82) is 0 Å². The zero-order valence-electron chi connectivity index (χ0n) is 6.48. The molecule has 0 N–H and O–H groups in total. The van der Waals surface area contributed by atoms with Crippen LogP contribution in [0, 0.1) is 0 Å². The van der Waals surface area contributed by atoms with Gasteiger partial charge in [-0.05, 0) is 19.8 Å². The topological polar surface area (TPSA) is 17.1 Å². The van der Waals surface area contributed by atoms with E-state index >= 15 is 0 Å². The maximum atomic E-state index is 10.3. The molecule has 0 aromatic heterocycles. The molecule has 0 aliphatic heterocycles. The number of unbranched alkanes of at least 4 members (excludes halogenated alkanes) is 1. The van der Waals surface area contributed by atoms with Gasteiger partial charge in [-0.2, -0.15) is 0 Å². The molecule has 0 aliphatic carbocycles. The van der Waals surface area contributed by atoms with Gasteiger partial charge in [0.15, 0.2) is 0 Å². The summed E-state index contributed by atoms with van der Waals surface area (Å²) in [6, 6.07) is 0. The predicted molar refractivity (Wildman–Crippen MR) is 44.1 cm³/mol. The lowest BCUT2D eigenvalue weighted by Gasteiger charge is -1.97. The van der Waals surface area contributed by atoms with Crippen LogP contribution < -0.4 is 0 Å². The third-order valence-electron chi connectivity index (χ3n) is 1.38. The number of carbonyl (C=O) groups is 1. The van der Waals surface area contributed by atoms with Crippen molar-refractivity contribution < 1.29 is 4.79 Å². The summed E-state index contributed by atoms with van der Waals surface area (Å²) in [4.78, 5) is 10.3. The van der Waals surface area contributed by atoms with Gasteiger partial charge in [0.25, 0.3) is 0 Å². The van der Waals surface area contributed by atoms with Crippen LogP contribution in [0.15, 0.2) is 10.6 Å². The van der Waals surface area contributed by atoms with Crippen molar-refractivity contribution in [2.24, 2.45) is 0 Å². The molecule has 0 atom stereocenters. The maximum Gasteiger partial charge on any atom is 0.147 e. The highest BCUT2D eigenvalue weighted by atomic mass is 35.5. The molecule has 58 valence electrons. The van der Waals surface area contributed by atoms with Gasteiger partial charge in [0, 0.05) is 10.6 Å². The van der Waals surface area contributed by atoms with Crippen LogP contribution in [-0.2, 0) is 4.79 Å². The summed E-state index contributed by atoms with van der Waals surface area (Å²) in [5.41, 5.74) is 0.739. The zero-order valence-corrected chi connectivity index (χ0v) is 7.24. The molecular formula is C8H13ClO. The largest absolute Gasteiger partial charge is 0.298 e. The SMILES string of the molecule is CCCC/C(C=O)=C(\C)Cl. The summed E-state index contributed by atoms with van der Waals surface area (Å²) in [6.45, 7) is 3.84. The third kappa shape index (κ3) is 3.67. The Morgan fingerprint density at radius 1 is 1.60 bits per heavy atom. The van der Waals surface area contributed by atoms with Gasteiger partial charge in [0.05, 0.1) is 0 Å². The second-order valence-electron chi connectivity index (χ2n) is 2.28. The Morgan fingerprint density at radius 3 is 2.50 bits per heavy atom. The molecule has 0 radical (unpaired) electrons. The van der Waals surface area contributed by atoms with Gasteiger partial charge in [0.1, 0.15) is 6.29 Å². The Morgan fingerprint density at radius 2 is 2.20 bits per heavy atom. The first kappa shape index (κ1) is 9.70. The van der Waals surface area contributed by atoms with Crippen molar-refractivity contribution in [2.75, 3.05) is 0 Å². The van der Waals surface area contributed by atoms with Gasteiger partial charge in [-0.15, -0.1) is 0 Å². The van der Waals surface area contributed by atoms with E-state index in [4.69, 9.17) is 11.6 Å². The second-order valence-corrected chi connectivity index (χ2v) is 2.85. The summed E-state index contributed by atoms with van der Waals surface area (Å²) >= 11 is 5.63. The lowest BCUT2D eigenvalue weighted by atomic mass is 10.1. The molecule has 0 unspecified atom stereocenters. The molecule has 0 bridgehead atoms. The Hall–Kier alpha value is -0.300. The minimum atomic E-state index is 0.628. The van der Waals surface area contributed by atoms with E-state index in [2.05, 4.69) is 6.92 Å². The summed E-state index contributed by atoms with van der Waals surface area (Å²) in [7, 11) is 0. The van der Waals surface area contributed by atoms with Crippen LogP contribution in [0.1, 0.15) is 33.1 Å². The van der Waals surface area contributed by atoms with Gasteiger partial charge in [-0.1, -0.05) is 24.9 Å². The predicted octanol–water partition coefficient (Wildman–Crippen LogP) is 2.89. The normalized spacial score (nSPS) is 12.7.